The highest BCUT2D eigenvalue weighted by Crippen LogP contribution is 2.19. The fraction of sp³-hybridized carbons (Fsp3) is 0.923. The Bertz CT molecular complexity index is 235. The molecule has 1 rings (SSSR count). The zero-order valence-electron chi connectivity index (χ0n) is 11.3. The van der Waals surface area contributed by atoms with Crippen molar-refractivity contribution in [3.63, 3.8) is 0 Å². The lowest BCUT2D eigenvalue weighted by molar-refractivity contribution is -0.124. The van der Waals surface area contributed by atoms with Gasteiger partial charge in [0.2, 0.25) is 5.91 Å². The highest BCUT2D eigenvalue weighted by molar-refractivity contribution is 7.98. The van der Waals surface area contributed by atoms with Gasteiger partial charge in [-0.15, -0.1) is 0 Å². The zero-order valence-corrected chi connectivity index (χ0v) is 12.1. The number of hydrogen-bond donors (Lipinski definition) is 2. The Morgan fingerprint density at radius 2 is 2.29 bits per heavy atom. The first-order valence-corrected chi connectivity index (χ1v) is 8.13. The Labute approximate surface area is 109 Å². The van der Waals surface area contributed by atoms with Gasteiger partial charge in [-0.1, -0.05) is 20.3 Å². The molecule has 100 valence electrons. The smallest absolute Gasteiger partial charge is 0.237 e. The number of thioether (sulfide) groups is 1. The van der Waals surface area contributed by atoms with E-state index in [4.69, 9.17) is 0 Å². The van der Waals surface area contributed by atoms with Crippen LogP contribution in [0.4, 0.5) is 0 Å². The van der Waals surface area contributed by atoms with Gasteiger partial charge in [0.25, 0.3) is 0 Å². The fourth-order valence-electron chi connectivity index (χ4n) is 2.33. The van der Waals surface area contributed by atoms with Crippen LogP contribution in [0, 0.1) is 5.92 Å². The lowest BCUT2D eigenvalue weighted by Crippen LogP contribution is -2.51. The molecule has 0 aromatic carbocycles. The molecule has 0 bridgehead atoms. The predicted molar refractivity (Wildman–Crippen MR) is 75.4 cm³/mol. The van der Waals surface area contributed by atoms with Crippen molar-refractivity contribution in [2.45, 2.75) is 51.6 Å². The molecule has 1 aliphatic heterocycles. The SMILES string of the molecule is CCC1CCNC(C(=O)NC(CC)CSC)C1. The standard InChI is InChI=1S/C13H26N2OS/c1-4-10-6-7-14-12(8-10)13(16)15-11(5-2)9-17-3/h10-12,14H,4-9H2,1-3H3,(H,15,16). The molecule has 3 atom stereocenters. The Kier molecular flexibility index (Phi) is 6.97. The molecule has 17 heavy (non-hydrogen) atoms. The van der Waals surface area contributed by atoms with E-state index < -0.39 is 0 Å². The number of piperidine rings is 1. The van der Waals surface area contributed by atoms with Gasteiger partial charge in [-0.3, -0.25) is 4.79 Å². The molecule has 1 amide bonds. The van der Waals surface area contributed by atoms with Gasteiger partial charge in [-0.05, 0) is 38.0 Å². The lowest BCUT2D eigenvalue weighted by atomic mass is 9.90. The second-order valence-electron chi connectivity index (χ2n) is 4.87. The number of carbonyl (C=O) groups is 1. The van der Waals surface area contributed by atoms with Crippen molar-refractivity contribution in [2.75, 3.05) is 18.6 Å². The van der Waals surface area contributed by atoms with Gasteiger partial charge >= 0.3 is 0 Å². The van der Waals surface area contributed by atoms with Crippen molar-refractivity contribution in [2.24, 2.45) is 5.92 Å². The molecule has 0 saturated carbocycles. The maximum Gasteiger partial charge on any atom is 0.237 e. The van der Waals surface area contributed by atoms with E-state index >= 15 is 0 Å². The second kappa shape index (κ2) is 7.98. The average molecular weight is 258 g/mol. The monoisotopic (exact) mass is 258 g/mol. The summed E-state index contributed by atoms with van der Waals surface area (Å²) in [5.41, 5.74) is 0. The third kappa shape index (κ3) is 4.88. The average Bonchev–Trinajstić information content (AvgIpc) is 2.38. The minimum Gasteiger partial charge on any atom is -0.351 e. The van der Waals surface area contributed by atoms with E-state index in [0.717, 1.165) is 25.1 Å². The molecule has 0 aromatic rings. The van der Waals surface area contributed by atoms with Crippen LogP contribution in [0.25, 0.3) is 0 Å². The summed E-state index contributed by atoms with van der Waals surface area (Å²) in [6, 6.07) is 0.353. The van der Waals surface area contributed by atoms with Crippen LogP contribution in [0.5, 0.6) is 0 Å². The van der Waals surface area contributed by atoms with Gasteiger partial charge in [0.1, 0.15) is 0 Å². The summed E-state index contributed by atoms with van der Waals surface area (Å²) in [7, 11) is 0. The van der Waals surface area contributed by atoms with E-state index in [2.05, 4.69) is 30.7 Å². The summed E-state index contributed by atoms with van der Waals surface area (Å²) < 4.78 is 0. The maximum absolute atomic E-state index is 12.1. The van der Waals surface area contributed by atoms with Gasteiger partial charge in [-0.25, -0.2) is 0 Å². The molecule has 2 N–H and O–H groups in total. The quantitative estimate of drug-likeness (QED) is 0.766. The molecular formula is C13H26N2OS. The summed E-state index contributed by atoms with van der Waals surface area (Å²) >= 11 is 1.79. The summed E-state index contributed by atoms with van der Waals surface area (Å²) in [6.07, 6.45) is 6.49. The fourth-order valence-corrected chi connectivity index (χ4v) is 3.05. The molecular weight excluding hydrogens is 232 g/mol. The molecule has 1 fully saturated rings. The molecule has 0 spiro atoms. The van der Waals surface area contributed by atoms with Crippen molar-refractivity contribution >= 4 is 17.7 Å². The maximum atomic E-state index is 12.1. The molecule has 1 heterocycles. The summed E-state index contributed by atoms with van der Waals surface area (Å²) in [5, 5.41) is 6.50. The largest absolute Gasteiger partial charge is 0.351 e. The first-order chi connectivity index (χ1) is 8.21. The minimum absolute atomic E-state index is 0.0320. The van der Waals surface area contributed by atoms with Crippen LogP contribution < -0.4 is 10.6 Å². The molecule has 1 saturated heterocycles. The van der Waals surface area contributed by atoms with Crippen molar-refractivity contribution in [1.29, 1.82) is 0 Å². The predicted octanol–water partition coefficient (Wildman–Crippen LogP) is 2.02. The Morgan fingerprint density at radius 3 is 2.88 bits per heavy atom. The van der Waals surface area contributed by atoms with E-state index in [1.807, 2.05) is 0 Å². The Hall–Kier alpha value is -0.220. The molecule has 0 aromatic heterocycles. The van der Waals surface area contributed by atoms with Crippen LogP contribution in [-0.4, -0.2) is 36.5 Å². The number of carbonyl (C=O) groups excluding carboxylic acids is 1. The van der Waals surface area contributed by atoms with Gasteiger partial charge < -0.3 is 10.6 Å². The molecule has 0 aliphatic carbocycles. The molecule has 3 unspecified atom stereocenters. The van der Waals surface area contributed by atoms with Crippen LogP contribution >= 0.6 is 11.8 Å². The van der Waals surface area contributed by atoms with Gasteiger partial charge in [0.15, 0.2) is 0 Å². The minimum atomic E-state index is 0.0320. The van der Waals surface area contributed by atoms with Crippen LogP contribution in [0.1, 0.15) is 39.5 Å². The van der Waals surface area contributed by atoms with E-state index in [-0.39, 0.29) is 11.9 Å². The Morgan fingerprint density at radius 1 is 1.53 bits per heavy atom. The molecule has 4 heteroatoms. The van der Waals surface area contributed by atoms with Crippen molar-refractivity contribution in [1.82, 2.24) is 10.6 Å². The van der Waals surface area contributed by atoms with Crippen LogP contribution in [0.2, 0.25) is 0 Å². The number of amides is 1. The van der Waals surface area contributed by atoms with Crippen LogP contribution in [-0.2, 0) is 4.79 Å². The van der Waals surface area contributed by atoms with E-state index in [0.29, 0.717) is 12.0 Å². The van der Waals surface area contributed by atoms with Gasteiger partial charge in [0.05, 0.1) is 6.04 Å². The highest BCUT2D eigenvalue weighted by atomic mass is 32.2. The van der Waals surface area contributed by atoms with E-state index in [1.165, 1.54) is 12.8 Å². The zero-order chi connectivity index (χ0) is 12.7. The normalized spacial score (nSPS) is 26.5. The highest BCUT2D eigenvalue weighted by Gasteiger charge is 2.26. The van der Waals surface area contributed by atoms with Gasteiger partial charge in [0, 0.05) is 11.8 Å². The third-order valence-electron chi connectivity index (χ3n) is 3.61. The van der Waals surface area contributed by atoms with Crippen molar-refractivity contribution in [3.8, 4) is 0 Å². The molecule has 0 radical (unpaired) electrons. The van der Waals surface area contributed by atoms with Crippen molar-refractivity contribution in [3.05, 3.63) is 0 Å². The number of rotatable bonds is 6. The molecule has 1 aliphatic rings. The second-order valence-corrected chi connectivity index (χ2v) is 5.79. The first-order valence-electron chi connectivity index (χ1n) is 6.73. The first kappa shape index (κ1) is 14.8. The van der Waals surface area contributed by atoms with E-state index in [1.54, 1.807) is 11.8 Å². The summed E-state index contributed by atoms with van der Waals surface area (Å²) in [5.74, 6) is 1.92. The van der Waals surface area contributed by atoms with Crippen molar-refractivity contribution < 1.29 is 4.79 Å². The Balaban J connectivity index is 2.40. The molecule has 3 nitrogen and oxygen atoms in total. The lowest BCUT2D eigenvalue weighted by Gasteiger charge is -2.30. The van der Waals surface area contributed by atoms with E-state index in [9.17, 15) is 4.79 Å². The number of nitrogens with one attached hydrogen (secondary N) is 2. The topological polar surface area (TPSA) is 41.1 Å². The summed E-state index contributed by atoms with van der Waals surface area (Å²) in [6.45, 7) is 5.33. The summed E-state index contributed by atoms with van der Waals surface area (Å²) in [4.78, 5) is 12.1. The van der Waals surface area contributed by atoms with Gasteiger partial charge in [-0.2, -0.15) is 11.8 Å². The van der Waals surface area contributed by atoms with Crippen LogP contribution in [0.3, 0.4) is 0 Å². The third-order valence-corrected chi connectivity index (χ3v) is 4.35. The van der Waals surface area contributed by atoms with Crippen LogP contribution in [0.15, 0.2) is 0 Å². The number of hydrogen-bond acceptors (Lipinski definition) is 3.